The lowest BCUT2D eigenvalue weighted by Crippen LogP contribution is -2.47. The zero-order chi connectivity index (χ0) is 18.1. The van der Waals surface area contributed by atoms with Crippen molar-refractivity contribution in [3.05, 3.63) is 17.2 Å². The van der Waals surface area contributed by atoms with E-state index in [2.05, 4.69) is 34.7 Å². The Kier molecular flexibility index (Phi) is 9.09. The van der Waals surface area contributed by atoms with Gasteiger partial charge >= 0.3 is 0 Å². The summed E-state index contributed by atoms with van der Waals surface area (Å²) in [4.78, 5) is 13.3. The number of aromatic nitrogens is 2. The highest BCUT2D eigenvalue weighted by Crippen LogP contribution is 2.34. The van der Waals surface area contributed by atoms with E-state index in [1.54, 1.807) is 0 Å². The summed E-state index contributed by atoms with van der Waals surface area (Å²) >= 11 is 8.47. The summed E-state index contributed by atoms with van der Waals surface area (Å²) in [6.07, 6.45) is 5.18. The highest BCUT2D eigenvalue weighted by atomic mass is 35.5. The molecule has 1 saturated heterocycles. The molecule has 1 aliphatic carbocycles. The SMILES string of the molecule is CCC(CC)Sc1nc2cc(N3CCN(CC4CC4)CC3)c(Cl)cc2[nH]1.Cl.Cl. The van der Waals surface area contributed by atoms with Gasteiger partial charge in [0.05, 0.1) is 21.7 Å². The molecule has 0 radical (unpaired) electrons. The van der Waals surface area contributed by atoms with E-state index in [0.29, 0.717) is 5.25 Å². The van der Waals surface area contributed by atoms with Crippen LogP contribution in [0, 0.1) is 5.92 Å². The van der Waals surface area contributed by atoms with Gasteiger partial charge in [0.2, 0.25) is 0 Å². The molecule has 1 N–H and O–H groups in total. The Morgan fingerprint density at radius 2 is 1.82 bits per heavy atom. The Bertz CT molecular complexity index is 753. The second kappa shape index (κ2) is 10.6. The van der Waals surface area contributed by atoms with Gasteiger partial charge in [-0.3, -0.25) is 4.90 Å². The zero-order valence-electron chi connectivity index (χ0n) is 16.6. The standard InChI is InChI=1S/C20H29ClN4S.2ClH/c1-3-15(4-2)26-20-22-17-11-16(21)19(12-18(17)23-20)25-9-7-24(8-10-25)13-14-5-6-14;;/h11-12,14-15H,3-10,13H2,1-2H3,(H,22,23);2*1H. The van der Waals surface area contributed by atoms with Gasteiger partial charge in [0.15, 0.2) is 5.16 Å². The number of aromatic amines is 1. The molecule has 4 nitrogen and oxygen atoms in total. The molecule has 0 bridgehead atoms. The van der Waals surface area contributed by atoms with Crippen LogP contribution in [-0.2, 0) is 0 Å². The third-order valence-electron chi connectivity index (χ3n) is 5.64. The average Bonchev–Trinajstić information content (AvgIpc) is 3.38. The summed E-state index contributed by atoms with van der Waals surface area (Å²) in [6.45, 7) is 10.2. The molecule has 0 atom stereocenters. The fourth-order valence-electron chi connectivity index (χ4n) is 3.74. The van der Waals surface area contributed by atoms with E-state index in [-0.39, 0.29) is 24.8 Å². The number of H-pyrrole nitrogens is 1. The van der Waals surface area contributed by atoms with Crippen LogP contribution in [0.4, 0.5) is 5.69 Å². The highest BCUT2D eigenvalue weighted by molar-refractivity contribution is 7.99. The lowest BCUT2D eigenvalue weighted by molar-refractivity contribution is 0.248. The maximum atomic E-state index is 6.63. The maximum Gasteiger partial charge on any atom is 0.166 e. The van der Waals surface area contributed by atoms with Crippen molar-refractivity contribution < 1.29 is 0 Å². The Morgan fingerprint density at radius 3 is 2.43 bits per heavy atom. The Morgan fingerprint density at radius 1 is 1.14 bits per heavy atom. The molecule has 8 heteroatoms. The molecule has 2 aromatic rings. The van der Waals surface area contributed by atoms with E-state index in [1.807, 2.05) is 17.8 Å². The first-order valence-electron chi connectivity index (χ1n) is 9.99. The highest BCUT2D eigenvalue weighted by Gasteiger charge is 2.27. The van der Waals surface area contributed by atoms with Crippen molar-refractivity contribution in [2.24, 2.45) is 5.92 Å². The largest absolute Gasteiger partial charge is 0.368 e. The number of thioether (sulfide) groups is 1. The molecule has 2 fully saturated rings. The summed E-state index contributed by atoms with van der Waals surface area (Å²) < 4.78 is 0. The number of fused-ring (bicyclic) bond motifs is 1. The number of hydrogen-bond acceptors (Lipinski definition) is 4. The minimum Gasteiger partial charge on any atom is -0.368 e. The number of piperazine rings is 1. The Labute approximate surface area is 190 Å². The maximum absolute atomic E-state index is 6.63. The van der Waals surface area contributed by atoms with Crippen LogP contribution in [0.1, 0.15) is 39.5 Å². The van der Waals surface area contributed by atoms with Gasteiger partial charge in [-0.15, -0.1) is 24.8 Å². The van der Waals surface area contributed by atoms with Gasteiger partial charge in [0.25, 0.3) is 0 Å². The minimum atomic E-state index is 0. The summed E-state index contributed by atoms with van der Waals surface area (Å²) in [7, 11) is 0. The van der Waals surface area contributed by atoms with Gasteiger partial charge in [-0.25, -0.2) is 4.98 Å². The van der Waals surface area contributed by atoms with E-state index < -0.39 is 0 Å². The van der Waals surface area contributed by atoms with Gasteiger partial charge in [-0.1, -0.05) is 37.2 Å². The molecule has 1 aliphatic heterocycles. The van der Waals surface area contributed by atoms with Gasteiger partial charge in [0, 0.05) is 38.0 Å². The molecule has 1 saturated carbocycles. The lowest BCUT2D eigenvalue weighted by atomic mass is 10.2. The van der Waals surface area contributed by atoms with Crippen LogP contribution in [0.15, 0.2) is 17.3 Å². The molecular formula is C20H31Cl3N4S. The Balaban J connectivity index is 0.00000140. The van der Waals surface area contributed by atoms with E-state index in [0.717, 1.165) is 71.8 Å². The molecule has 4 rings (SSSR count). The van der Waals surface area contributed by atoms with E-state index in [4.69, 9.17) is 16.6 Å². The molecule has 158 valence electrons. The first-order chi connectivity index (χ1) is 12.7. The first-order valence-corrected chi connectivity index (χ1v) is 11.2. The number of nitrogens with zero attached hydrogens (tertiary/aromatic N) is 3. The first kappa shape index (κ1) is 23.9. The van der Waals surface area contributed by atoms with Gasteiger partial charge in [0.1, 0.15) is 0 Å². The smallest absolute Gasteiger partial charge is 0.166 e. The summed E-state index contributed by atoms with van der Waals surface area (Å²) in [5.74, 6) is 0.969. The molecule has 1 aromatic carbocycles. The zero-order valence-corrected chi connectivity index (χ0v) is 19.8. The topological polar surface area (TPSA) is 35.2 Å². The second-order valence-corrected chi connectivity index (χ2v) is 9.35. The number of nitrogens with one attached hydrogen (secondary N) is 1. The van der Waals surface area contributed by atoms with Crippen LogP contribution in [0.2, 0.25) is 5.02 Å². The predicted molar refractivity (Wildman–Crippen MR) is 127 cm³/mol. The summed E-state index contributed by atoms with van der Waals surface area (Å²) in [5, 5.41) is 2.46. The van der Waals surface area contributed by atoms with Crippen molar-refractivity contribution in [1.29, 1.82) is 0 Å². The number of anilines is 1. The third kappa shape index (κ3) is 5.63. The quantitative estimate of drug-likeness (QED) is 0.518. The molecule has 1 aromatic heterocycles. The molecule has 0 unspecified atom stereocenters. The van der Waals surface area contributed by atoms with Crippen LogP contribution in [0.5, 0.6) is 0 Å². The Hall–Kier alpha value is -0.330. The normalized spacial score (nSPS) is 17.6. The molecule has 2 aliphatic rings. The fraction of sp³-hybridized carbons (Fsp3) is 0.650. The van der Waals surface area contributed by atoms with Gasteiger partial charge in [-0.2, -0.15) is 0 Å². The van der Waals surface area contributed by atoms with Crippen LogP contribution in [0.25, 0.3) is 11.0 Å². The van der Waals surface area contributed by atoms with E-state index in [9.17, 15) is 0 Å². The van der Waals surface area contributed by atoms with Gasteiger partial charge < -0.3 is 9.88 Å². The number of halogens is 3. The van der Waals surface area contributed by atoms with Crippen LogP contribution in [-0.4, -0.2) is 52.8 Å². The van der Waals surface area contributed by atoms with Crippen molar-refractivity contribution in [3.63, 3.8) is 0 Å². The van der Waals surface area contributed by atoms with Crippen molar-refractivity contribution in [2.75, 3.05) is 37.6 Å². The average molecular weight is 466 g/mol. The number of hydrogen-bond donors (Lipinski definition) is 1. The molecule has 0 spiro atoms. The molecule has 28 heavy (non-hydrogen) atoms. The van der Waals surface area contributed by atoms with E-state index >= 15 is 0 Å². The predicted octanol–water partition coefficient (Wildman–Crippen LogP) is 5.87. The molecule has 0 amide bonds. The number of benzene rings is 1. The van der Waals surface area contributed by atoms with Crippen molar-refractivity contribution in [3.8, 4) is 0 Å². The summed E-state index contributed by atoms with van der Waals surface area (Å²) in [6, 6.07) is 4.22. The number of imidazole rings is 1. The molecular weight excluding hydrogens is 435 g/mol. The van der Waals surface area contributed by atoms with Crippen LogP contribution < -0.4 is 4.90 Å². The van der Waals surface area contributed by atoms with Crippen molar-refractivity contribution in [2.45, 2.75) is 49.9 Å². The number of rotatable bonds is 7. The minimum absolute atomic E-state index is 0. The van der Waals surface area contributed by atoms with Crippen LogP contribution in [0.3, 0.4) is 0 Å². The van der Waals surface area contributed by atoms with Crippen LogP contribution >= 0.6 is 48.2 Å². The monoisotopic (exact) mass is 464 g/mol. The second-order valence-electron chi connectivity index (χ2n) is 7.65. The molecule has 2 heterocycles. The van der Waals surface area contributed by atoms with Gasteiger partial charge in [-0.05, 0) is 43.7 Å². The lowest BCUT2D eigenvalue weighted by Gasteiger charge is -2.36. The van der Waals surface area contributed by atoms with Crippen molar-refractivity contribution >= 4 is 64.9 Å². The summed E-state index contributed by atoms with van der Waals surface area (Å²) in [5.41, 5.74) is 3.20. The fourth-order valence-corrected chi connectivity index (χ4v) is 5.00. The van der Waals surface area contributed by atoms with Crippen molar-refractivity contribution in [1.82, 2.24) is 14.9 Å². The van der Waals surface area contributed by atoms with E-state index in [1.165, 1.54) is 19.4 Å². The third-order valence-corrected chi connectivity index (χ3v) is 7.36.